The first-order valence-electron chi connectivity index (χ1n) is 8.86. The number of hydrogen-bond donors (Lipinski definition) is 0. The van der Waals surface area contributed by atoms with E-state index in [4.69, 9.17) is 16.3 Å². The summed E-state index contributed by atoms with van der Waals surface area (Å²) >= 11 is 6.26. The van der Waals surface area contributed by atoms with Crippen LogP contribution in [0.5, 0.6) is 0 Å². The van der Waals surface area contributed by atoms with Crippen LogP contribution in [0.15, 0.2) is 35.0 Å². The van der Waals surface area contributed by atoms with Crippen LogP contribution in [0.1, 0.15) is 43.0 Å². The third-order valence-electron chi connectivity index (χ3n) is 4.57. The molecule has 1 aromatic carbocycles. The highest BCUT2D eigenvalue weighted by atomic mass is 35.5. The predicted molar refractivity (Wildman–Crippen MR) is 97.8 cm³/mol. The zero-order valence-electron chi connectivity index (χ0n) is 14.7. The molecule has 0 aliphatic carbocycles. The minimum Gasteiger partial charge on any atom is -0.462 e. The summed E-state index contributed by atoms with van der Waals surface area (Å²) in [6, 6.07) is 6.41. The molecular weight excluding hydrogens is 356 g/mol. The number of amides is 2. The molecule has 2 aliphatic rings. The fourth-order valence-corrected chi connectivity index (χ4v) is 3.61. The van der Waals surface area contributed by atoms with Gasteiger partial charge in [0.05, 0.1) is 17.9 Å². The van der Waals surface area contributed by atoms with Crippen molar-refractivity contribution >= 4 is 35.1 Å². The molecule has 7 heteroatoms. The number of imide groups is 1. The summed E-state index contributed by atoms with van der Waals surface area (Å²) in [5.41, 5.74) is 0.596. The van der Waals surface area contributed by atoms with Gasteiger partial charge in [-0.3, -0.25) is 9.59 Å². The summed E-state index contributed by atoms with van der Waals surface area (Å²) < 4.78 is 5.04. The second-order valence-corrected chi connectivity index (χ2v) is 6.63. The van der Waals surface area contributed by atoms with Gasteiger partial charge in [-0.25, -0.2) is 9.69 Å². The lowest BCUT2D eigenvalue weighted by atomic mass is 10.1. The smallest absolute Gasteiger partial charge is 0.340 e. The Hall–Kier alpha value is -2.34. The van der Waals surface area contributed by atoms with Gasteiger partial charge in [0.2, 0.25) is 0 Å². The minimum atomic E-state index is -0.604. The number of esters is 1. The summed E-state index contributed by atoms with van der Waals surface area (Å²) in [6.45, 7) is 3.28. The monoisotopic (exact) mass is 376 g/mol. The van der Waals surface area contributed by atoms with Gasteiger partial charge in [0.25, 0.3) is 11.8 Å². The van der Waals surface area contributed by atoms with Crippen LogP contribution in [-0.2, 0) is 14.3 Å². The van der Waals surface area contributed by atoms with Crippen molar-refractivity contribution in [3.8, 4) is 0 Å². The first-order valence-corrected chi connectivity index (χ1v) is 9.23. The van der Waals surface area contributed by atoms with Crippen LogP contribution in [0.2, 0.25) is 0 Å². The Kier molecular flexibility index (Phi) is 5.61. The molecule has 0 saturated carbocycles. The maximum atomic E-state index is 13.0. The van der Waals surface area contributed by atoms with Crippen LogP contribution in [0.4, 0.5) is 5.69 Å². The largest absolute Gasteiger partial charge is 0.462 e. The lowest BCUT2D eigenvalue weighted by Gasteiger charge is -2.24. The number of carbonyl (C=O) groups is 3. The Morgan fingerprint density at radius 3 is 2.38 bits per heavy atom. The Morgan fingerprint density at radius 2 is 1.73 bits per heavy atom. The highest BCUT2D eigenvalue weighted by Crippen LogP contribution is 2.34. The molecule has 2 amide bonds. The fraction of sp³-hybridized carbons (Fsp3) is 0.421. The SMILES string of the molecule is CCOC(=O)c1ccccc1N1C(=O)C(Cl)=C(N2CCCCCC2)C1=O. The maximum Gasteiger partial charge on any atom is 0.340 e. The Labute approximate surface area is 157 Å². The number of para-hydroxylation sites is 1. The van der Waals surface area contributed by atoms with E-state index >= 15 is 0 Å². The van der Waals surface area contributed by atoms with E-state index in [-0.39, 0.29) is 28.6 Å². The van der Waals surface area contributed by atoms with E-state index < -0.39 is 17.8 Å². The minimum absolute atomic E-state index is 0.0874. The molecule has 0 atom stereocenters. The predicted octanol–water partition coefficient (Wildman–Crippen LogP) is 3.06. The number of rotatable bonds is 4. The van der Waals surface area contributed by atoms with Crippen LogP contribution < -0.4 is 4.90 Å². The van der Waals surface area contributed by atoms with Gasteiger partial charge in [-0.1, -0.05) is 36.6 Å². The average molecular weight is 377 g/mol. The van der Waals surface area contributed by atoms with Crippen molar-refractivity contribution in [2.24, 2.45) is 0 Å². The van der Waals surface area contributed by atoms with Gasteiger partial charge in [-0.05, 0) is 31.9 Å². The number of ether oxygens (including phenoxy) is 1. The van der Waals surface area contributed by atoms with E-state index in [0.29, 0.717) is 13.1 Å². The van der Waals surface area contributed by atoms with Crippen molar-refractivity contribution in [3.05, 3.63) is 40.6 Å². The van der Waals surface area contributed by atoms with Crippen LogP contribution >= 0.6 is 11.6 Å². The van der Waals surface area contributed by atoms with Gasteiger partial charge >= 0.3 is 5.97 Å². The number of hydrogen-bond acceptors (Lipinski definition) is 5. The molecular formula is C19H21ClN2O4. The number of nitrogens with zero attached hydrogens (tertiary/aromatic N) is 2. The second-order valence-electron chi connectivity index (χ2n) is 6.25. The number of carbonyl (C=O) groups excluding carboxylic acids is 3. The third-order valence-corrected chi connectivity index (χ3v) is 4.91. The molecule has 138 valence electrons. The van der Waals surface area contributed by atoms with E-state index in [1.165, 1.54) is 6.07 Å². The van der Waals surface area contributed by atoms with Crippen molar-refractivity contribution in [2.45, 2.75) is 32.6 Å². The van der Waals surface area contributed by atoms with E-state index in [1.54, 1.807) is 25.1 Å². The van der Waals surface area contributed by atoms with Crippen molar-refractivity contribution in [1.29, 1.82) is 0 Å². The molecule has 26 heavy (non-hydrogen) atoms. The Morgan fingerprint density at radius 1 is 1.08 bits per heavy atom. The number of likely N-dealkylation sites (tertiary alicyclic amines) is 1. The average Bonchev–Trinajstić information content (AvgIpc) is 2.82. The molecule has 0 spiro atoms. The molecule has 1 saturated heterocycles. The van der Waals surface area contributed by atoms with Gasteiger partial charge in [0.1, 0.15) is 10.7 Å². The highest BCUT2D eigenvalue weighted by molar-refractivity contribution is 6.52. The zero-order chi connectivity index (χ0) is 18.7. The van der Waals surface area contributed by atoms with Crippen molar-refractivity contribution in [3.63, 3.8) is 0 Å². The van der Waals surface area contributed by atoms with Gasteiger partial charge in [-0.2, -0.15) is 0 Å². The molecule has 2 heterocycles. The third kappa shape index (κ3) is 3.33. The molecule has 1 fully saturated rings. The molecule has 6 nitrogen and oxygen atoms in total. The standard InChI is InChI=1S/C19H21ClN2O4/c1-2-26-19(25)13-9-5-6-10-14(13)22-17(23)15(20)16(18(22)24)21-11-7-3-4-8-12-21/h5-6,9-10H,2-4,7-8,11-12H2,1H3. The first kappa shape index (κ1) is 18.5. The fourth-order valence-electron chi connectivity index (χ4n) is 3.33. The first-order chi connectivity index (χ1) is 12.6. The lowest BCUT2D eigenvalue weighted by molar-refractivity contribution is -0.121. The van der Waals surface area contributed by atoms with Gasteiger partial charge in [-0.15, -0.1) is 0 Å². The van der Waals surface area contributed by atoms with Crippen molar-refractivity contribution in [1.82, 2.24) is 4.90 Å². The molecule has 1 aromatic rings. The Bertz CT molecular complexity index is 767. The van der Waals surface area contributed by atoms with Crippen LogP contribution in [0.25, 0.3) is 0 Å². The van der Waals surface area contributed by atoms with Crippen LogP contribution in [-0.4, -0.2) is 42.4 Å². The van der Waals surface area contributed by atoms with E-state index in [2.05, 4.69) is 0 Å². The molecule has 0 bridgehead atoms. The Balaban J connectivity index is 1.96. The molecule has 2 aliphatic heterocycles. The van der Waals surface area contributed by atoms with Gasteiger partial charge in [0.15, 0.2) is 0 Å². The molecule has 0 N–H and O–H groups in total. The maximum absolute atomic E-state index is 13.0. The molecule has 3 rings (SSSR count). The van der Waals surface area contributed by atoms with E-state index in [1.807, 2.05) is 4.90 Å². The topological polar surface area (TPSA) is 66.9 Å². The van der Waals surface area contributed by atoms with E-state index in [0.717, 1.165) is 30.6 Å². The number of halogens is 1. The van der Waals surface area contributed by atoms with Crippen LogP contribution in [0.3, 0.4) is 0 Å². The summed E-state index contributed by atoms with van der Waals surface area (Å²) in [6.07, 6.45) is 4.10. The number of anilines is 1. The van der Waals surface area contributed by atoms with Crippen molar-refractivity contribution in [2.75, 3.05) is 24.6 Å². The quantitative estimate of drug-likeness (QED) is 0.596. The number of benzene rings is 1. The highest BCUT2D eigenvalue weighted by Gasteiger charge is 2.42. The summed E-state index contributed by atoms with van der Waals surface area (Å²) in [7, 11) is 0. The summed E-state index contributed by atoms with van der Waals surface area (Å²) in [5.74, 6) is -1.67. The van der Waals surface area contributed by atoms with Gasteiger partial charge in [0, 0.05) is 13.1 Å². The second kappa shape index (κ2) is 7.91. The van der Waals surface area contributed by atoms with E-state index in [9.17, 15) is 14.4 Å². The molecule has 0 aromatic heterocycles. The normalized spacial score (nSPS) is 18.4. The molecule has 0 unspecified atom stereocenters. The zero-order valence-corrected chi connectivity index (χ0v) is 15.4. The van der Waals surface area contributed by atoms with Crippen molar-refractivity contribution < 1.29 is 19.1 Å². The lowest BCUT2D eigenvalue weighted by Crippen LogP contribution is -2.36. The van der Waals surface area contributed by atoms with Crippen LogP contribution in [0, 0.1) is 0 Å². The summed E-state index contributed by atoms with van der Waals surface area (Å²) in [5, 5.41) is -0.0874. The summed E-state index contributed by atoms with van der Waals surface area (Å²) in [4.78, 5) is 40.9. The van der Waals surface area contributed by atoms with Gasteiger partial charge < -0.3 is 9.64 Å². The molecule has 0 radical (unpaired) electrons.